The van der Waals surface area contributed by atoms with Crippen molar-refractivity contribution in [2.45, 2.75) is 24.7 Å². The average Bonchev–Trinajstić information content (AvgIpc) is 3.41. The third-order valence-corrected chi connectivity index (χ3v) is 5.89. The Bertz CT molecular complexity index is 871. The molecule has 3 aromatic rings. The smallest absolute Gasteiger partial charge is 0.230 e. The summed E-state index contributed by atoms with van der Waals surface area (Å²) in [5.41, 5.74) is 1.54. The van der Waals surface area contributed by atoms with Crippen LogP contribution in [0.25, 0.3) is 5.13 Å². The van der Waals surface area contributed by atoms with E-state index in [4.69, 9.17) is 4.74 Å². The molecule has 1 amide bonds. The number of carbonyl (C=O) groups is 1. The molecular formula is C20H22N4O2S. The zero-order chi connectivity index (χ0) is 18.5. The van der Waals surface area contributed by atoms with E-state index in [1.54, 1.807) is 22.2 Å². The van der Waals surface area contributed by atoms with Gasteiger partial charge < -0.3 is 10.1 Å². The van der Waals surface area contributed by atoms with E-state index in [9.17, 15) is 4.79 Å². The topological polar surface area (TPSA) is 69.0 Å². The fourth-order valence-corrected chi connectivity index (χ4v) is 4.29. The van der Waals surface area contributed by atoms with E-state index in [-0.39, 0.29) is 5.91 Å². The van der Waals surface area contributed by atoms with Crippen LogP contribution in [0.5, 0.6) is 0 Å². The number of nitrogens with zero attached hydrogens (tertiary/aromatic N) is 3. The van der Waals surface area contributed by atoms with Gasteiger partial charge in [0, 0.05) is 44.0 Å². The molecule has 1 aromatic carbocycles. The van der Waals surface area contributed by atoms with E-state index in [0.29, 0.717) is 39.0 Å². The Labute approximate surface area is 162 Å². The lowest BCUT2D eigenvalue weighted by Gasteiger charge is -2.36. The predicted molar refractivity (Wildman–Crippen MR) is 104 cm³/mol. The summed E-state index contributed by atoms with van der Waals surface area (Å²) in [7, 11) is 0. The molecule has 4 rings (SSSR count). The second kappa shape index (κ2) is 8.02. The van der Waals surface area contributed by atoms with Crippen molar-refractivity contribution in [3.63, 3.8) is 0 Å². The minimum Gasteiger partial charge on any atom is -0.381 e. The number of rotatable bonds is 6. The minimum atomic E-state index is -0.498. The fraction of sp³-hybridized carbons (Fsp3) is 0.350. The maximum atomic E-state index is 13.1. The standard InChI is InChI=1S/C20H22N4O2S/c25-18(20(8-13-26-14-9-20)16-5-2-1-3-6-16)21-11-7-17-15-27-19(23-17)24-12-4-10-22-24/h1-6,10,12,15H,7-9,11,13-14H2,(H,21,25). The van der Waals surface area contributed by atoms with Gasteiger partial charge in [-0.2, -0.15) is 5.10 Å². The number of amides is 1. The van der Waals surface area contributed by atoms with Gasteiger partial charge >= 0.3 is 0 Å². The highest BCUT2D eigenvalue weighted by atomic mass is 32.1. The van der Waals surface area contributed by atoms with Gasteiger partial charge in [0.1, 0.15) is 0 Å². The summed E-state index contributed by atoms with van der Waals surface area (Å²) in [6.45, 7) is 1.79. The number of hydrogen-bond donors (Lipinski definition) is 1. The van der Waals surface area contributed by atoms with Gasteiger partial charge in [-0.1, -0.05) is 30.3 Å². The number of benzene rings is 1. The van der Waals surface area contributed by atoms with E-state index < -0.39 is 5.41 Å². The lowest BCUT2D eigenvalue weighted by Crippen LogP contribution is -2.48. The molecule has 140 valence electrons. The monoisotopic (exact) mass is 382 g/mol. The van der Waals surface area contributed by atoms with E-state index >= 15 is 0 Å². The number of carbonyl (C=O) groups excluding carboxylic acids is 1. The molecule has 1 fully saturated rings. The minimum absolute atomic E-state index is 0.0829. The first-order valence-corrected chi connectivity index (χ1v) is 10.0. The number of hydrogen-bond acceptors (Lipinski definition) is 5. The van der Waals surface area contributed by atoms with Crippen molar-refractivity contribution < 1.29 is 9.53 Å². The maximum absolute atomic E-state index is 13.1. The van der Waals surface area contributed by atoms with Crippen molar-refractivity contribution in [3.8, 4) is 5.13 Å². The summed E-state index contributed by atoms with van der Waals surface area (Å²) in [5, 5.41) is 10.2. The van der Waals surface area contributed by atoms with Crippen LogP contribution in [0.15, 0.2) is 54.2 Å². The molecule has 0 bridgehead atoms. The van der Waals surface area contributed by atoms with Gasteiger partial charge in [-0.3, -0.25) is 4.79 Å². The Kier molecular flexibility index (Phi) is 5.31. The van der Waals surface area contributed by atoms with E-state index in [1.165, 1.54) is 0 Å². The first kappa shape index (κ1) is 17.9. The molecule has 1 aliphatic rings. The molecule has 0 saturated carbocycles. The van der Waals surface area contributed by atoms with Crippen LogP contribution in [0.1, 0.15) is 24.1 Å². The van der Waals surface area contributed by atoms with Gasteiger partial charge in [0.05, 0.1) is 11.1 Å². The van der Waals surface area contributed by atoms with Crippen LogP contribution in [0.4, 0.5) is 0 Å². The highest BCUT2D eigenvalue weighted by Gasteiger charge is 2.41. The Balaban J connectivity index is 1.40. The number of aromatic nitrogens is 3. The average molecular weight is 382 g/mol. The van der Waals surface area contributed by atoms with Crippen molar-refractivity contribution in [2.24, 2.45) is 0 Å². The highest BCUT2D eigenvalue weighted by Crippen LogP contribution is 2.35. The van der Waals surface area contributed by atoms with E-state index in [1.807, 2.05) is 48.0 Å². The van der Waals surface area contributed by atoms with Crippen molar-refractivity contribution in [3.05, 3.63) is 65.4 Å². The van der Waals surface area contributed by atoms with Gasteiger partial charge in [0.15, 0.2) is 0 Å². The summed E-state index contributed by atoms with van der Waals surface area (Å²) in [6, 6.07) is 11.9. The van der Waals surface area contributed by atoms with Crippen LogP contribution in [0.2, 0.25) is 0 Å². The molecule has 1 aliphatic heterocycles. The first-order chi connectivity index (χ1) is 13.3. The summed E-state index contributed by atoms with van der Waals surface area (Å²) in [6.07, 6.45) is 5.73. The zero-order valence-electron chi connectivity index (χ0n) is 15.0. The van der Waals surface area contributed by atoms with Gasteiger partial charge in [0.2, 0.25) is 11.0 Å². The van der Waals surface area contributed by atoms with E-state index in [2.05, 4.69) is 15.4 Å². The van der Waals surface area contributed by atoms with Crippen LogP contribution < -0.4 is 5.32 Å². The number of nitrogens with one attached hydrogen (secondary N) is 1. The van der Waals surface area contributed by atoms with Gasteiger partial charge in [0.25, 0.3) is 0 Å². The number of ether oxygens (including phenoxy) is 1. The maximum Gasteiger partial charge on any atom is 0.230 e. The molecule has 0 unspecified atom stereocenters. The van der Waals surface area contributed by atoms with Crippen molar-refractivity contribution in [1.29, 1.82) is 0 Å². The fourth-order valence-electron chi connectivity index (χ4n) is 3.50. The van der Waals surface area contributed by atoms with Gasteiger partial charge in [-0.15, -0.1) is 11.3 Å². The summed E-state index contributed by atoms with van der Waals surface area (Å²) < 4.78 is 7.26. The molecule has 0 atom stereocenters. The van der Waals surface area contributed by atoms with Gasteiger partial charge in [-0.25, -0.2) is 9.67 Å². The second-order valence-corrected chi connectivity index (χ2v) is 7.48. The van der Waals surface area contributed by atoms with Crippen molar-refractivity contribution in [1.82, 2.24) is 20.1 Å². The van der Waals surface area contributed by atoms with Crippen LogP contribution in [-0.2, 0) is 21.4 Å². The van der Waals surface area contributed by atoms with Crippen LogP contribution >= 0.6 is 11.3 Å². The molecule has 2 aromatic heterocycles. The van der Waals surface area contributed by atoms with Crippen LogP contribution in [0.3, 0.4) is 0 Å². The van der Waals surface area contributed by atoms with Gasteiger partial charge in [-0.05, 0) is 24.5 Å². The SMILES string of the molecule is O=C(NCCc1csc(-n2cccn2)n1)C1(c2ccccc2)CCOCC1. The Morgan fingerprint density at radius 1 is 1.22 bits per heavy atom. The molecular weight excluding hydrogens is 360 g/mol. The normalized spacial score (nSPS) is 16.1. The zero-order valence-corrected chi connectivity index (χ0v) is 15.8. The molecule has 6 nitrogen and oxygen atoms in total. The molecule has 0 spiro atoms. The molecule has 7 heteroatoms. The lowest BCUT2D eigenvalue weighted by molar-refractivity contribution is -0.130. The number of thiazole rings is 1. The predicted octanol–water partition coefficient (Wildman–Crippen LogP) is 2.74. The molecule has 3 heterocycles. The third-order valence-electron chi connectivity index (χ3n) is 5.01. The molecule has 27 heavy (non-hydrogen) atoms. The third kappa shape index (κ3) is 3.79. The first-order valence-electron chi connectivity index (χ1n) is 9.14. The molecule has 1 N–H and O–H groups in total. The Hall–Kier alpha value is -2.51. The summed E-state index contributed by atoms with van der Waals surface area (Å²) in [5.74, 6) is 0.0829. The Morgan fingerprint density at radius 2 is 2.04 bits per heavy atom. The largest absolute Gasteiger partial charge is 0.381 e. The Morgan fingerprint density at radius 3 is 2.78 bits per heavy atom. The molecule has 0 radical (unpaired) electrons. The quantitative estimate of drug-likeness (QED) is 0.712. The summed E-state index contributed by atoms with van der Waals surface area (Å²) >= 11 is 1.55. The van der Waals surface area contributed by atoms with E-state index in [0.717, 1.165) is 16.4 Å². The molecule has 1 saturated heterocycles. The summed E-state index contributed by atoms with van der Waals surface area (Å²) in [4.78, 5) is 17.7. The lowest BCUT2D eigenvalue weighted by atomic mass is 9.73. The van der Waals surface area contributed by atoms with Crippen molar-refractivity contribution >= 4 is 17.2 Å². The highest BCUT2D eigenvalue weighted by molar-refractivity contribution is 7.12. The van der Waals surface area contributed by atoms with Crippen LogP contribution in [-0.4, -0.2) is 40.4 Å². The van der Waals surface area contributed by atoms with Crippen LogP contribution in [0, 0.1) is 0 Å². The second-order valence-electron chi connectivity index (χ2n) is 6.64. The van der Waals surface area contributed by atoms with Crippen molar-refractivity contribution in [2.75, 3.05) is 19.8 Å². The molecule has 0 aliphatic carbocycles.